The third-order valence-corrected chi connectivity index (χ3v) is 4.20. The minimum absolute atomic E-state index is 0.114. The van der Waals surface area contributed by atoms with Gasteiger partial charge in [-0.15, -0.1) is 0 Å². The molecule has 108 valence electrons. The molecular formula is C17H15ClO3. The van der Waals surface area contributed by atoms with E-state index in [9.17, 15) is 4.79 Å². The van der Waals surface area contributed by atoms with Crippen molar-refractivity contribution in [2.24, 2.45) is 0 Å². The molecule has 3 rings (SSSR count). The van der Waals surface area contributed by atoms with Crippen molar-refractivity contribution >= 4 is 17.6 Å². The summed E-state index contributed by atoms with van der Waals surface area (Å²) in [6, 6.07) is 10.8. The van der Waals surface area contributed by atoms with Crippen LogP contribution in [0.25, 0.3) is 0 Å². The van der Waals surface area contributed by atoms with Crippen molar-refractivity contribution < 1.29 is 14.6 Å². The lowest BCUT2D eigenvalue weighted by molar-refractivity contribution is 0.0696. The van der Waals surface area contributed by atoms with Gasteiger partial charge in [0, 0.05) is 5.02 Å². The summed E-state index contributed by atoms with van der Waals surface area (Å²) >= 11 is 6.13. The van der Waals surface area contributed by atoms with E-state index in [4.69, 9.17) is 21.4 Å². The maximum atomic E-state index is 11.1. The highest BCUT2D eigenvalue weighted by atomic mass is 35.5. The third-order valence-electron chi connectivity index (χ3n) is 3.79. The molecule has 1 heterocycles. The number of rotatable bonds is 2. The van der Waals surface area contributed by atoms with E-state index in [-0.39, 0.29) is 11.7 Å². The summed E-state index contributed by atoms with van der Waals surface area (Å²) in [5.74, 6) is -0.0791. The van der Waals surface area contributed by atoms with Gasteiger partial charge in [-0.3, -0.25) is 0 Å². The van der Waals surface area contributed by atoms with Gasteiger partial charge in [0.1, 0.15) is 11.9 Å². The molecule has 0 aromatic heterocycles. The van der Waals surface area contributed by atoms with Crippen molar-refractivity contribution in [2.45, 2.75) is 25.9 Å². The molecule has 21 heavy (non-hydrogen) atoms. The average molecular weight is 303 g/mol. The lowest BCUT2D eigenvalue weighted by Gasteiger charge is -2.27. The first-order chi connectivity index (χ1) is 10.0. The molecular weight excluding hydrogens is 288 g/mol. The molecule has 0 aliphatic carbocycles. The second-order valence-corrected chi connectivity index (χ2v) is 5.69. The van der Waals surface area contributed by atoms with Crippen LogP contribution >= 0.6 is 11.6 Å². The maximum absolute atomic E-state index is 11.1. The molecule has 2 aromatic rings. The fourth-order valence-corrected chi connectivity index (χ4v) is 2.79. The average Bonchev–Trinajstić information content (AvgIpc) is 2.48. The van der Waals surface area contributed by atoms with Crippen molar-refractivity contribution in [1.29, 1.82) is 0 Å². The molecule has 1 atom stereocenters. The Labute approximate surface area is 128 Å². The first-order valence-electron chi connectivity index (χ1n) is 6.83. The normalized spacial score (nSPS) is 17.0. The number of carboxylic acids is 1. The standard InChI is InChI=1S/C17H15ClO3/c1-10-7-16-12(9-14(10)18)5-6-15(21-16)11-3-2-4-13(8-11)17(19)20/h2-4,7-9,15H,5-6H2,1H3,(H,19,20). The van der Waals surface area contributed by atoms with Crippen LogP contribution in [0.4, 0.5) is 0 Å². The van der Waals surface area contributed by atoms with E-state index < -0.39 is 5.97 Å². The molecule has 4 heteroatoms. The van der Waals surface area contributed by atoms with E-state index >= 15 is 0 Å². The monoisotopic (exact) mass is 302 g/mol. The van der Waals surface area contributed by atoms with Crippen LogP contribution < -0.4 is 4.74 Å². The first-order valence-corrected chi connectivity index (χ1v) is 7.21. The molecule has 0 amide bonds. The molecule has 1 unspecified atom stereocenters. The number of carbonyl (C=O) groups is 1. The van der Waals surface area contributed by atoms with Crippen LogP contribution in [-0.4, -0.2) is 11.1 Å². The van der Waals surface area contributed by atoms with E-state index in [2.05, 4.69) is 0 Å². The van der Waals surface area contributed by atoms with E-state index in [0.29, 0.717) is 0 Å². The Morgan fingerprint density at radius 3 is 2.90 bits per heavy atom. The molecule has 1 aliphatic heterocycles. The summed E-state index contributed by atoms with van der Waals surface area (Å²) in [5.41, 5.74) is 3.27. The highest BCUT2D eigenvalue weighted by Gasteiger charge is 2.22. The Morgan fingerprint density at radius 2 is 2.14 bits per heavy atom. The van der Waals surface area contributed by atoms with Gasteiger partial charge in [0.15, 0.2) is 0 Å². The number of ether oxygens (including phenoxy) is 1. The van der Waals surface area contributed by atoms with Gasteiger partial charge in [-0.25, -0.2) is 4.79 Å². The maximum Gasteiger partial charge on any atom is 0.335 e. The molecule has 2 aromatic carbocycles. The van der Waals surface area contributed by atoms with Crippen LogP contribution in [0.3, 0.4) is 0 Å². The number of hydrogen-bond acceptors (Lipinski definition) is 2. The summed E-state index contributed by atoms with van der Waals surface area (Å²) < 4.78 is 6.04. The molecule has 1 aliphatic rings. The molecule has 0 bridgehead atoms. The lowest BCUT2D eigenvalue weighted by Crippen LogP contribution is -2.16. The molecule has 1 N–H and O–H groups in total. The molecule has 0 spiro atoms. The van der Waals surface area contributed by atoms with Gasteiger partial charge < -0.3 is 9.84 Å². The molecule has 3 nitrogen and oxygen atoms in total. The van der Waals surface area contributed by atoms with Gasteiger partial charge in [0.25, 0.3) is 0 Å². The van der Waals surface area contributed by atoms with Crippen LogP contribution in [0, 0.1) is 6.92 Å². The second kappa shape index (κ2) is 5.41. The summed E-state index contributed by atoms with van der Waals surface area (Å²) in [4.78, 5) is 11.1. The molecule has 0 fully saturated rings. The smallest absolute Gasteiger partial charge is 0.335 e. The van der Waals surface area contributed by atoms with E-state index in [0.717, 1.165) is 40.3 Å². The number of aromatic carboxylic acids is 1. The minimum Gasteiger partial charge on any atom is -0.485 e. The predicted molar refractivity (Wildman–Crippen MR) is 81.3 cm³/mol. The van der Waals surface area contributed by atoms with Crippen LogP contribution in [0.5, 0.6) is 5.75 Å². The number of carboxylic acid groups (broad SMARTS) is 1. The van der Waals surface area contributed by atoms with Gasteiger partial charge in [-0.1, -0.05) is 23.7 Å². The van der Waals surface area contributed by atoms with Gasteiger partial charge in [0.2, 0.25) is 0 Å². The molecule has 0 radical (unpaired) electrons. The Morgan fingerprint density at radius 1 is 1.33 bits per heavy atom. The number of fused-ring (bicyclic) bond motifs is 1. The highest BCUT2D eigenvalue weighted by Crippen LogP contribution is 2.37. The van der Waals surface area contributed by atoms with Gasteiger partial charge in [-0.2, -0.15) is 0 Å². The zero-order valence-electron chi connectivity index (χ0n) is 11.6. The summed E-state index contributed by atoms with van der Waals surface area (Å²) in [6.45, 7) is 1.95. The minimum atomic E-state index is -0.921. The van der Waals surface area contributed by atoms with Crippen molar-refractivity contribution in [2.75, 3.05) is 0 Å². The number of aryl methyl sites for hydroxylation is 2. The Balaban J connectivity index is 1.91. The zero-order valence-corrected chi connectivity index (χ0v) is 12.4. The van der Waals surface area contributed by atoms with Gasteiger partial charge >= 0.3 is 5.97 Å². The Kier molecular flexibility index (Phi) is 3.60. The quantitative estimate of drug-likeness (QED) is 0.893. The van der Waals surface area contributed by atoms with Crippen LogP contribution in [0.1, 0.15) is 39.6 Å². The van der Waals surface area contributed by atoms with Crippen molar-refractivity contribution in [1.82, 2.24) is 0 Å². The third kappa shape index (κ3) is 2.74. The van der Waals surface area contributed by atoms with Crippen molar-refractivity contribution in [3.8, 4) is 5.75 Å². The Bertz CT molecular complexity index is 709. The van der Waals surface area contributed by atoms with Crippen LogP contribution in [0.2, 0.25) is 5.02 Å². The number of halogens is 1. The fourth-order valence-electron chi connectivity index (χ4n) is 2.61. The van der Waals surface area contributed by atoms with E-state index in [1.165, 1.54) is 0 Å². The Hall–Kier alpha value is -2.00. The lowest BCUT2D eigenvalue weighted by atomic mass is 9.95. The van der Waals surface area contributed by atoms with Crippen LogP contribution in [-0.2, 0) is 6.42 Å². The SMILES string of the molecule is Cc1cc2c(cc1Cl)CCC(c1cccc(C(=O)O)c1)O2. The fraction of sp³-hybridized carbons (Fsp3) is 0.235. The zero-order chi connectivity index (χ0) is 15.0. The summed E-state index contributed by atoms with van der Waals surface area (Å²) in [7, 11) is 0. The first kappa shape index (κ1) is 14.0. The number of hydrogen-bond donors (Lipinski definition) is 1. The van der Waals surface area contributed by atoms with Crippen molar-refractivity contribution in [3.05, 3.63) is 63.7 Å². The largest absolute Gasteiger partial charge is 0.485 e. The second-order valence-electron chi connectivity index (χ2n) is 5.28. The molecule has 0 saturated carbocycles. The topological polar surface area (TPSA) is 46.5 Å². The molecule has 0 saturated heterocycles. The summed E-state index contributed by atoms with van der Waals surface area (Å²) in [6.07, 6.45) is 1.57. The van der Waals surface area contributed by atoms with Gasteiger partial charge in [-0.05, 0) is 60.7 Å². The predicted octanol–water partition coefficient (Wildman–Crippen LogP) is 4.41. The van der Waals surface area contributed by atoms with E-state index in [1.807, 2.05) is 25.1 Å². The summed E-state index contributed by atoms with van der Waals surface area (Å²) in [5, 5.41) is 9.83. The van der Waals surface area contributed by atoms with Crippen molar-refractivity contribution in [3.63, 3.8) is 0 Å². The van der Waals surface area contributed by atoms with Crippen LogP contribution in [0.15, 0.2) is 36.4 Å². The van der Waals surface area contributed by atoms with E-state index in [1.54, 1.807) is 18.2 Å². The highest BCUT2D eigenvalue weighted by molar-refractivity contribution is 6.31. The van der Waals surface area contributed by atoms with Gasteiger partial charge in [0.05, 0.1) is 5.56 Å². The number of benzene rings is 2.